The average Bonchev–Trinajstić information content (AvgIpc) is 2.82. The summed E-state index contributed by atoms with van der Waals surface area (Å²) >= 11 is 1.96. The first-order valence-electron chi connectivity index (χ1n) is 7.59. The maximum absolute atomic E-state index is 5.56. The lowest BCUT2D eigenvalue weighted by Crippen LogP contribution is -2.23. The molecule has 0 amide bonds. The van der Waals surface area contributed by atoms with Crippen LogP contribution in [0.15, 0.2) is 40.0 Å². The first-order chi connectivity index (χ1) is 10.0. The molecule has 0 aliphatic heterocycles. The van der Waals surface area contributed by atoms with Crippen molar-refractivity contribution in [3.8, 4) is 0 Å². The standard InChI is InChI=1S/C18H26O2S/c1-12-7-6-8-13(2)18(9-12)21-14(3)15-10-16(19-4)17(11-15)20-5/h6-7,9,14-17H,10-11H2,1-5H3. The Hall–Kier alpha value is -0.730. The highest BCUT2D eigenvalue weighted by molar-refractivity contribution is 8.03. The highest BCUT2D eigenvalue weighted by Gasteiger charge is 2.37. The Labute approximate surface area is 133 Å². The van der Waals surface area contributed by atoms with Crippen LogP contribution >= 0.6 is 11.8 Å². The van der Waals surface area contributed by atoms with Gasteiger partial charge in [0.2, 0.25) is 0 Å². The van der Waals surface area contributed by atoms with E-state index in [1.165, 1.54) is 16.1 Å². The molecule has 0 saturated heterocycles. The lowest BCUT2D eigenvalue weighted by Gasteiger charge is -2.20. The van der Waals surface area contributed by atoms with Crippen LogP contribution in [0.3, 0.4) is 0 Å². The SMILES string of the molecule is COC1CC(C(C)SC2=CC(C)=CC=C=C2C)CC1OC. The fourth-order valence-electron chi connectivity index (χ4n) is 3.03. The topological polar surface area (TPSA) is 18.5 Å². The third-order valence-corrected chi connectivity index (χ3v) is 5.88. The average molecular weight is 306 g/mol. The minimum Gasteiger partial charge on any atom is -0.379 e. The van der Waals surface area contributed by atoms with E-state index >= 15 is 0 Å². The second-order valence-corrected chi connectivity index (χ2v) is 7.38. The first-order valence-corrected chi connectivity index (χ1v) is 8.47. The number of thioether (sulfide) groups is 1. The Bertz CT molecular complexity index is 485. The molecule has 1 fully saturated rings. The van der Waals surface area contributed by atoms with Crippen LogP contribution in [0.5, 0.6) is 0 Å². The first kappa shape index (κ1) is 16.6. The van der Waals surface area contributed by atoms with Crippen LogP contribution in [0.2, 0.25) is 0 Å². The second-order valence-electron chi connectivity index (χ2n) is 5.96. The molecule has 0 heterocycles. The minimum absolute atomic E-state index is 0.240. The molecule has 0 aromatic heterocycles. The number of hydrogen-bond donors (Lipinski definition) is 0. The molecule has 2 aliphatic rings. The summed E-state index contributed by atoms with van der Waals surface area (Å²) in [6.45, 7) is 6.60. The van der Waals surface area contributed by atoms with E-state index in [2.05, 4.69) is 38.7 Å². The Morgan fingerprint density at radius 2 is 1.81 bits per heavy atom. The van der Waals surface area contributed by atoms with E-state index in [1.807, 2.05) is 17.8 Å². The monoisotopic (exact) mass is 306 g/mol. The minimum atomic E-state index is 0.240. The zero-order valence-corrected chi connectivity index (χ0v) is 14.5. The third kappa shape index (κ3) is 4.14. The summed E-state index contributed by atoms with van der Waals surface area (Å²) in [7, 11) is 3.58. The van der Waals surface area contributed by atoms with Crippen molar-refractivity contribution < 1.29 is 9.47 Å². The predicted molar refractivity (Wildman–Crippen MR) is 90.5 cm³/mol. The number of hydrogen-bond acceptors (Lipinski definition) is 3. The van der Waals surface area contributed by atoms with Crippen molar-refractivity contribution in [2.45, 2.75) is 51.1 Å². The Morgan fingerprint density at radius 1 is 1.19 bits per heavy atom. The summed E-state index contributed by atoms with van der Waals surface area (Å²) in [5.74, 6) is 0.634. The predicted octanol–water partition coefficient (Wildman–Crippen LogP) is 4.49. The second kappa shape index (κ2) is 7.51. The van der Waals surface area contributed by atoms with Crippen molar-refractivity contribution in [2.24, 2.45) is 5.92 Å². The van der Waals surface area contributed by atoms with Gasteiger partial charge in [-0.3, -0.25) is 0 Å². The molecule has 2 aliphatic carbocycles. The lowest BCUT2D eigenvalue weighted by atomic mass is 10.1. The molecule has 2 rings (SSSR count). The molecule has 3 atom stereocenters. The molecule has 0 aromatic carbocycles. The van der Waals surface area contributed by atoms with Gasteiger partial charge in [-0.05, 0) is 50.3 Å². The summed E-state index contributed by atoms with van der Waals surface area (Å²) in [5, 5.41) is 0.553. The molecule has 1 saturated carbocycles. The van der Waals surface area contributed by atoms with Crippen LogP contribution in [-0.2, 0) is 9.47 Å². The zero-order chi connectivity index (χ0) is 15.4. The van der Waals surface area contributed by atoms with Crippen LogP contribution in [-0.4, -0.2) is 31.7 Å². The van der Waals surface area contributed by atoms with Crippen LogP contribution in [0.1, 0.15) is 33.6 Å². The zero-order valence-electron chi connectivity index (χ0n) is 13.7. The molecule has 0 spiro atoms. The largest absolute Gasteiger partial charge is 0.379 e. The molecular weight excluding hydrogens is 280 g/mol. The fourth-order valence-corrected chi connectivity index (χ4v) is 4.33. The van der Waals surface area contributed by atoms with Crippen molar-refractivity contribution in [3.05, 3.63) is 40.0 Å². The molecule has 0 bridgehead atoms. The van der Waals surface area contributed by atoms with Crippen molar-refractivity contribution in [3.63, 3.8) is 0 Å². The summed E-state index contributed by atoms with van der Waals surface area (Å²) in [4.78, 5) is 1.33. The van der Waals surface area contributed by atoms with Crippen LogP contribution in [0.4, 0.5) is 0 Å². The maximum atomic E-state index is 5.56. The van der Waals surface area contributed by atoms with Gasteiger partial charge in [-0.1, -0.05) is 13.0 Å². The van der Waals surface area contributed by atoms with Gasteiger partial charge in [0.05, 0.1) is 12.2 Å². The van der Waals surface area contributed by atoms with E-state index in [9.17, 15) is 0 Å². The fraction of sp³-hybridized carbons (Fsp3) is 0.611. The molecule has 2 nitrogen and oxygen atoms in total. The van der Waals surface area contributed by atoms with Gasteiger partial charge >= 0.3 is 0 Å². The van der Waals surface area contributed by atoms with Crippen molar-refractivity contribution >= 4 is 11.8 Å². The van der Waals surface area contributed by atoms with Crippen molar-refractivity contribution in [1.82, 2.24) is 0 Å². The van der Waals surface area contributed by atoms with Gasteiger partial charge in [-0.2, -0.15) is 0 Å². The molecule has 21 heavy (non-hydrogen) atoms. The van der Waals surface area contributed by atoms with E-state index < -0.39 is 0 Å². The van der Waals surface area contributed by atoms with Gasteiger partial charge < -0.3 is 9.47 Å². The Balaban J connectivity index is 2.04. The van der Waals surface area contributed by atoms with Gasteiger partial charge in [0, 0.05) is 29.9 Å². The summed E-state index contributed by atoms with van der Waals surface area (Å²) in [6.07, 6.45) is 9.04. The van der Waals surface area contributed by atoms with Gasteiger partial charge in [-0.15, -0.1) is 17.5 Å². The van der Waals surface area contributed by atoms with E-state index in [1.54, 1.807) is 14.2 Å². The van der Waals surface area contributed by atoms with E-state index in [0.29, 0.717) is 11.2 Å². The third-order valence-electron chi connectivity index (χ3n) is 4.44. The molecular formula is C18H26O2S. The van der Waals surface area contributed by atoms with Crippen molar-refractivity contribution in [2.75, 3.05) is 14.2 Å². The highest BCUT2D eigenvalue weighted by Crippen LogP contribution is 2.40. The maximum Gasteiger partial charge on any atom is 0.0835 e. The van der Waals surface area contributed by atoms with Gasteiger partial charge in [0.15, 0.2) is 0 Å². The quantitative estimate of drug-likeness (QED) is 0.697. The highest BCUT2D eigenvalue weighted by atomic mass is 32.2. The molecule has 3 heteroatoms. The van der Waals surface area contributed by atoms with E-state index in [4.69, 9.17) is 9.47 Å². The summed E-state index contributed by atoms with van der Waals surface area (Å²) < 4.78 is 11.1. The van der Waals surface area contributed by atoms with Gasteiger partial charge in [0.25, 0.3) is 0 Å². The number of methoxy groups -OCH3 is 2. The molecule has 0 radical (unpaired) electrons. The number of ether oxygens (including phenoxy) is 2. The summed E-state index contributed by atoms with van der Waals surface area (Å²) in [6, 6.07) is 0. The molecule has 116 valence electrons. The smallest absolute Gasteiger partial charge is 0.0835 e. The Morgan fingerprint density at radius 3 is 2.38 bits per heavy atom. The Kier molecular flexibility index (Phi) is 5.95. The van der Waals surface area contributed by atoms with Crippen LogP contribution in [0.25, 0.3) is 0 Å². The lowest BCUT2D eigenvalue weighted by molar-refractivity contribution is -0.0157. The van der Waals surface area contributed by atoms with Crippen LogP contribution in [0, 0.1) is 5.92 Å². The van der Waals surface area contributed by atoms with Crippen LogP contribution < -0.4 is 0 Å². The number of rotatable bonds is 5. The van der Waals surface area contributed by atoms with Crippen molar-refractivity contribution in [1.29, 1.82) is 0 Å². The van der Waals surface area contributed by atoms with E-state index in [0.717, 1.165) is 12.8 Å². The molecule has 0 N–H and O–H groups in total. The normalized spacial score (nSPS) is 30.5. The van der Waals surface area contributed by atoms with Gasteiger partial charge in [-0.25, -0.2) is 0 Å². The van der Waals surface area contributed by atoms with Gasteiger partial charge in [0.1, 0.15) is 0 Å². The summed E-state index contributed by atoms with van der Waals surface area (Å²) in [5.41, 5.74) is 5.85. The molecule has 0 aromatic rings. The molecule has 3 unspecified atom stereocenters. The van der Waals surface area contributed by atoms with E-state index in [-0.39, 0.29) is 12.2 Å². The number of allylic oxidation sites excluding steroid dienone is 4.